The summed E-state index contributed by atoms with van der Waals surface area (Å²) in [6.45, 7) is 6.64. The third-order valence-corrected chi connectivity index (χ3v) is 6.19. The van der Waals surface area contributed by atoms with E-state index in [1.54, 1.807) is 0 Å². The van der Waals surface area contributed by atoms with Crippen LogP contribution in [0, 0.1) is 10.8 Å². The lowest BCUT2D eigenvalue weighted by Gasteiger charge is -2.46. The normalized spacial score (nSPS) is 55.1. The molecule has 3 rings (SSSR count). The van der Waals surface area contributed by atoms with E-state index in [1.807, 2.05) is 0 Å². The van der Waals surface area contributed by atoms with Gasteiger partial charge in [-0.05, 0) is 26.2 Å². The molecule has 2 N–H and O–H groups in total. The van der Waals surface area contributed by atoms with Gasteiger partial charge in [0.2, 0.25) is 0 Å². The van der Waals surface area contributed by atoms with Gasteiger partial charge in [0.1, 0.15) is 5.60 Å². The predicted molar refractivity (Wildman–Crippen MR) is 69.1 cm³/mol. The van der Waals surface area contributed by atoms with E-state index in [9.17, 15) is 10.2 Å². The van der Waals surface area contributed by atoms with E-state index in [0.29, 0.717) is 6.42 Å². The number of aliphatic hydroxyl groups excluding tert-OH is 2. The average Bonchev–Trinajstić information content (AvgIpc) is 2.65. The van der Waals surface area contributed by atoms with Gasteiger partial charge in [-0.2, -0.15) is 0 Å². The Labute approximate surface area is 109 Å². The van der Waals surface area contributed by atoms with Crippen molar-refractivity contribution in [3.8, 4) is 0 Å². The van der Waals surface area contributed by atoms with Crippen molar-refractivity contribution in [1.29, 1.82) is 0 Å². The molecule has 0 aromatic rings. The fourth-order valence-electron chi connectivity index (χ4n) is 4.67. The molecule has 18 heavy (non-hydrogen) atoms. The van der Waals surface area contributed by atoms with Crippen LogP contribution >= 0.6 is 0 Å². The summed E-state index contributed by atoms with van der Waals surface area (Å²) >= 11 is 0. The molecule has 1 heterocycles. The van der Waals surface area contributed by atoms with Gasteiger partial charge < -0.3 is 14.9 Å². The lowest BCUT2D eigenvalue weighted by atomic mass is 9.55. The molecule has 5 atom stereocenters. The molecule has 5 unspecified atom stereocenters. The number of hydrogen-bond donors (Lipinski definition) is 2. The van der Waals surface area contributed by atoms with Gasteiger partial charge in [0, 0.05) is 17.3 Å². The van der Waals surface area contributed by atoms with Crippen LogP contribution in [-0.2, 0) is 4.74 Å². The fourth-order valence-corrected chi connectivity index (χ4v) is 4.67. The summed E-state index contributed by atoms with van der Waals surface area (Å²) in [4.78, 5) is 0. The highest BCUT2D eigenvalue weighted by molar-refractivity contribution is 5.26. The topological polar surface area (TPSA) is 49.7 Å². The van der Waals surface area contributed by atoms with Crippen molar-refractivity contribution in [2.45, 2.75) is 64.3 Å². The molecular formula is C15H24O3. The molecule has 0 amide bonds. The molecule has 102 valence electrons. The first kappa shape index (κ1) is 12.6. The molecule has 3 aliphatic rings. The molecule has 3 heteroatoms. The summed E-state index contributed by atoms with van der Waals surface area (Å²) in [5, 5.41) is 19.9. The minimum atomic E-state index is -0.549. The van der Waals surface area contributed by atoms with Crippen LogP contribution in [0.5, 0.6) is 0 Å². The summed E-state index contributed by atoms with van der Waals surface area (Å²) in [6, 6.07) is 0. The van der Waals surface area contributed by atoms with E-state index in [4.69, 9.17) is 4.74 Å². The van der Waals surface area contributed by atoms with Crippen LogP contribution in [0.4, 0.5) is 0 Å². The maximum Gasteiger partial charge on any atom is 0.100 e. The molecule has 2 fully saturated rings. The molecule has 0 bridgehead atoms. The van der Waals surface area contributed by atoms with E-state index in [1.165, 1.54) is 5.57 Å². The van der Waals surface area contributed by atoms with Crippen molar-refractivity contribution in [1.82, 2.24) is 0 Å². The number of ether oxygens (including phenoxy) is 1. The Balaban J connectivity index is 2.08. The first-order valence-electron chi connectivity index (χ1n) is 7.01. The number of allylic oxidation sites excluding steroid dienone is 1. The Morgan fingerprint density at radius 2 is 2.11 bits per heavy atom. The second-order valence-corrected chi connectivity index (χ2v) is 7.02. The van der Waals surface area contributed by atoms with Crippen LogP contribution in [0.3, 0.4) is 0 Å². The Morgan fingerprint density at radius 1 is 1.39 bits per heavy atom. The van der Waals surface area contributed by atoms with Crippen LogP contribution in [0.25, 0.3) is 0 Å². The summed E-state index contributed by atoms with van der Waals surface area (Å²) in [5.74, 6) is 0. The van der Waals surface area contributed by atoms with E-state index >= 15 is 0 Å². The zero-order chi connectivity index (χ0) is 13.2. The van der Waals surface area contributed by atoms with E-state index in [-0.39, 0.29) is 29.6 Å². The highest BCUT2D eigenvalue weighted by Gasteiger charge is 2.71. The van der Waals surface area contributed by atoms with Crippen molar-refractivity contribution in [3.05, 3.63) is 11.6 Å². The summed E-state index contributed by atoms with van der Waals surface area (Å²) in [6.07, 6.45) is 5.49. The third-order valence-electron chi connectivity index (χ3n) is 6.19. The van der Waals surface area contributed by atoms with Crippen LogP contribution < -0.4 is 0 Å². The summed E-state index contributed by atoms with van der Waals surface area (Å²) in [5.41, 5.74) is 0.741. The van der Waals surface area contributed by atoms with Crippen molar-refractivity contribution in [2.24, 2.45) is 10.8 Å². The number of rotatable bonds is 1. The van der Waals surface area contributed by atoms with Crippen molar-refractivity contribution < 1.29 is 14.9 Å². The smallest absolute Gasteiger partial charge is 0.100 e. The Bertz CT molecular complexity index is 405. The highest BCUT2D eigenvalue weighted by Crippen LogP contribution is 2.68. The lowest BCUT2D eigenvalue weighted by Crippen LogP contribution is -2.49. The zero-order valence-corrected chi connectivity index (χ0v) is 11.6. The van der Waals surface area contributed by atoms with E-state index in [2.05, 4.69) is 26.8 Å². The molecule has 0 spiro atoms. The van der Waals surface area contributed by atoms with Gasteiger partial charge in [0.05, 0.1) is 18.8 Å². The predicted octanol–water partition coefficient (Wildman–Crippen LogP) is 2.02. The zero-order valence-electron chi connectivity index (χ0n) is 11.6. The number of aliphatic hydroxyl groups is 2. The van der Waals surface area contributed by atoms with Gasteiger partial charge in [0.25, 0.3) is 0 Å². The largest absolute Gasteiger partial charge is 0.393 e. The van der Waals surface area contributed by atoms with Gasteiger partial charge >= 0.3 is 0 Å². The van der Waals surface area contributed by atoms with Crippen LogP contribution in [0.1, 0.15) is 46.5 Å². The van der Waals surface area contributed by atoms with Gasteiger partial charge in [0.15, 0.2) is 0 Å². The van der Waals surface area contributed by atoms with Crippen LogP contribution in [0.2, 0.25) is 0 Å². The minimum absolute atomic E-state index is 0.0134. The maximum atomic E-state index is 10.0. The number of hydrogen-bond acceptors (Lipinski definition) is 3. The van der Waals surface area contributed by atoms with Crippen LogP contribution in [-0.4, -0.2) is 34.6 Å². The minimum Gasteiger partial charge on any atom is -0.393 e. The van der Waals surface area contributed by atoms with Crippen LogP contribution in [0.15, 0.2) is 11.6 Å². The second kappa shape index (κ2) is 3.59. The molecule has 2 aliphatic carbocycles. The first-order valence-corrected chi connectivity index (χ1v) is 7.01. The van der Waals surface area contributed by atoms with E-state index < -0.39 is 5.60 Å². The molecule has 1 saturated heterocycles. The van der Waals surface area contributed by atoms with Crippen molar-refractivity contribution in [2.75, 3.05) is 6.61 Å². The summed E-state index contributed by atoms with van der Waals surface area (Å²) < 4.78 is 6.29. The molecule has 1 saturated carbocycles. The standard InChI is InChI=1S/C15H24O3/c1-10-4-5-13(2)12(6-10)18-15(9-16)8-11(17)7-14(13,15)3/h6,11-12,16-17H,4-5,7-9H2,1-3H3. The molecule has 0 aromatic heterocycles. The first-order chi connectivity index (χ1) is 8.37. The fraction of sp³-hybridized carbons (Fsp3) is 0.867. The molecule has 0 aromatic carbocycles. The maximum absolute atomic E-state index is 10.0. The quantitative estimate of drug-likeness (QED) is 0.702. The van der Waals surface area contributed by atoms with Gasteiger partial charge in [-0.1, -0.05) is 25.5 Å². The molecule has 0 radical (unpaired) electrons. The molecular weight excluding hydrogens is 228 g/mol. The Morgan fingerprint density at radius 3 is 2.78 bits per heavy atom. The molecule has 3 nitrogen and oxygen atoms in total. The van der Waals surface area contributed by atoms with Gasteiger partial charge in [-0.3, -0.25) is 0 Å². The molecule has 1 aliphatic heterocycles. The van der Waals surface area contributed by atoms with Crippen molar-refractivity contribution >= 4 is 0 Å². The Kier molecular flexibility index (Phi) is 2.52. The SMILES string of the molecule is CC1=CC2OC3(CO)CC(O)CC3(C)C2(C)CC1. The monoisotopic (exact) mass is 252 g/mol. The van der Waals surface area contributed by atoms with E-state index in [0.717, 1.165) is 19.3 Å². The third kappa shape index (κ3) is 1.25. The van der Waals surface area contributed by atoms with Gasteiger partial charge in [-0.25, -0.2) is 0 Å². The second-order valence-electron chi connectivity index (χ2n) is 7.02. The lowest BCUT2D eigenvalue weighted by molar-refractivity contribution is -0.0942. The average molecular weight is 252 g/mol. The Hall–Kier alpha value is -0.380. The highest BCUT2D eigenvalue weighted by atomic mass is 16.5. The summed E-state index contributed by atoms with van der Waals surface area (Å²) in [7, 11) is 0. The van der Waals surface area contributed by atoms with Gasteiger partial charge in [-0.15, -0.1) is 0 Å². The number of fused-ring (bicyclic) bond motifs is 3. The van der Waals surface area contributed by atoms with Crippen molar-refractivity contribution in [3.63, 3.8) is 0 Å².